The van der Waals surface area contributed by atoms with Crippen molar-refractivity contribution in [3.05, 3.63) is 11.9 Å². The van der Waals surface area contributed by atoms with Crippen molar-refractivity contribution in [2.24, 2.45) is 0 Å². The van der Waals surface area contributed by atoms with Gasteiger partial charge >= 0.3 is 0 Å². The van der Waals surface area contributed by atoms with Gasteiger partial charge in [-0.3, -0.25) is 4.79 Å². The van der Waals surface area contributed by atoms with E-state index in [2.05, 4.69) is 20.6 Å². The number of aryl methyl sites for hydroxylation is 1. The average Bonchev–Trinajstić information content (AvgIpc) is 2.36. The molecule has 1 amide bonds. The molecule has 0 saturated heterocycles. The molecule has 0 spiro atoms. The highest BCUT2D eigenvalue weighted by molar-refractivity contribution is 7.99. The predicted octanol–water partition coefficient (Wildman–Crippen LogP) is 1.31. The largest absolute Gasteiger partial charge is 0.373 e. The maximum atomic E-state index is 11.3. The van der Waals surface area contributed by atoms with Crippen molar-refractivity contribution in [3.8, 4) is 0 Å². The molecule has 1 aromatic heterocycles. The number of amides is 1. The van der Waals surface area contributed by atoms with Gasteiger partial charge in [0, 0.05) is 26.1 Å². The molecule has 6 heteroatoms. The van der Waals surface area contributed by atoms with E-state index in [4.69, 9.17) is 0 Å². The van der Waals surface area contributed by atoms with Gasteiger partial charge < -0.3 is 10.6 Å². The van der Waals surface area contributed by atoms with Crippen molar-refractivity contribution < 1.29 is 4.79 Å². The lowest BCUT2D eigenvalue weighted by Crippen LogP contribution is -2.24. The van der Waals surface area contributed by atoms with Crippen molar-refractivity contribution in [2.45, 2.75) is 25.3 Å². The molecule has 0 unspecified atom stereocenters. The third-order valence-electron chi connectivity index (χ3n) is 2.05. The van der Waals surface area contributed by atoms with Crippen LogP contribution in [-0.2, 0) is 11.2 Å². The smallest absolute Gasteiger partial charge is 0.230 e. The van der Waals surface area contributed by atoms with Crippen LogP contribution < -0.4 is 10.6 Å². The van der Waals surface area contributed by atoms with Crippen LogP contribution in [0.1, 0.15) is 19.7 Å². The Balaban J connectivity index is 2.66. The van der Waals surface area contributed by atoms with Crippen LogP contribution in [0.25, 0.3) is 0 Å². The van der Waals surface area contributed by atoms with Crippen LogP contribution in [0.5, 0.6) is 0 Å². The molecule has 1 heterocycles. The molecule has 0 saturated carbocycles. The highest BCUT2D eigenvalue weighted by atomic mass is 32.2. The summed E-state index contributed by atoms with van der Waals surface area (Å²) in [6.07, 6.45) is 0.782. The summed E-state index contributed by atoms with van der Waals surface area (Å²) in [5, 5.41) is 6.57. The molecule has 1 rings (SSSR count). The SMILES string of the molecule is CCNC(=O)CSc1cc(NC)nc(CC)n1. The minimum atomic E-state index is 0.0279. The molecule has 5 nitrogen and oxygen atoms in total. The third-order valence-corrected chi connectivity index (χ3v) is 2.96. The topological polar surface area (TPSA) is 66.9 Å². The predicted molar refractivity (Wildman–Crippen MR) is 70.4 cm³/mol. The van der Waals surface area contributed by atoms with Gasteiger partial charge in [-0.2, -0.15) is 0 Å². The van der Waals surface area contributed by atoms with Crippen molar-refractivity contribution >= 4 is 23.5 Å². The summed E-state index contributed by atoms with van der Waals surface area (Å²) in [5.41, 5.74) is 0. The third kappa shape index (κ3) is 4.60. The number of rotatable bonds is 6. The van der Waals surface area contributed by atoms with E-state index in [0.717, 1.165) is 23.1 Å². The number of carbonyl (C=O) groups excluding carboxylic acids is 1. The lowest BCUT2D eigenvalue weighted by atomic mass is 10.4. The Hall–Kier alpha value is -1.30. The fraction of sp³-hybridized carbons (Fsp3) is 0.545. The summed E-state index contributed by atoms with van der Waals surface area (Å²) in [7, 11) is 1.82. The minimum absolute atomic E-state index is 0.0279. The maximum Gasteiger partial charge on any atom is 0.230 e. The fourth-order valence-corrected chi connectivity index (χ4v) is 1.97. The van der Waals surface area contributed by atoms with Crippen LogP contribution in [0.4, 0.5) is 5.82 Å². The number of hydrogen-bond donors (Lipinski definition) is 2. The number of aromatic nitrogens is 2. The van der Waals surface area contributed by atoms with Crippen molar-refractivity contribution in [1.29, 1.82) is 0 Å². The number of nitrogens with one attached hydrogen (secondary N) is 2. The lowest BCUT2D eigenvalue weighted by molar-refractivity contribution is -0.118. The van der Waals surface area contributed by atoms with E-state index in [-0.39, 0.29) is 5.91 Å². The molecular weight excluding hydrogens is 236 g/mol. The summed E-state index contributed by atoms with van der Waals surface area (Å²) in [6.45, 7) is 4.57. The minimum Gasteiger partial charge on any atom is -0.373 e. The average molecular weight is 254 g/mol. The van der Waals surface area contributed by atoms with Gasteiger partial charge in [0.1, 0.15) is 16.7 Å². The van der Waals surface area contributed by atoms with Crippen molar-refractivity contribution in [2.75, 3.05) is 24.7 Å². The molecule has 0 bridgehead atoms. The molecule has 0 fully saturated rings. The Morgan fingerprint density at radius 3 is 2.76 bits per heavy atom. The van der Waals surface area contributed by atoms with Crippen molar-refractivity contribution in [3.63, 3.8) is 0 Å². The number of anilines is 1. The zero-order valence-electron chi connectivity index (χ0n) is 10.4. The molecule has 1 aromatic rings. The first-order valence-electron chi connectivity index (χ1n) is 5.64. The molecule has 94 valence electrons. The maximum absolute atomic E-state index is 11.3. The second-order valence-electron chi connectivity index (χ2n) is 3.35. The van der Waals surface area contributed by atoms with Gasteiger partial charge in [-0.15, -0.1) is 0 Å². The molecule has 0 aliphatic heterocycles. The summed E-state index contributed by atoms with van der Waals surface area (Å²) in [6, 6.07) is 1.85. The summed E-state index contributed by atoms with van der Waals surface area (Å²) in [5.74, 6) is 1.99. The molecule has 0 radical (unpaired) electrons. The first-order chi connectivity index (χ1) is 8.19. The summed E-state index contributed by atoms with van der Waals surface area (Å²) >= 11 is 1.42. The van der Waals surface area contributed by atoms with Crippen LogP contribution in [0.3, 0.4) is 0 Å². The molecule has 17 heavy (non-hydrogen) atoms. The van der Waals surface area contributed by atoms with Gasteiger partial charge in [-0.1, -0.05) is 18.7 Å². The molecular formula is C11H18N4OS. The van der Waals surface area contributed by atoms with Crippen LogP contribution in [0.15, 0.2) is 11.1 Å². The highest BCUT2D eigenvalue weighted by Gasteiger charge is 2.06. The second-order valence-corrected chi connectivity index (χ2v) is 4.35. The van der Waals surface area contributed by atoms with E-state index >= 15 is 0 Å². The summed E-state index contributed by atoms with van der Waals surface area (Å²) < 4.78 is 0. The van der Waals surface area contributed by atoms with Gasteiger partial charge in [0.25, 0.3) is 0 Å². The molecule has 0 atom stereocenters. The van der Waals surface area contributed by atoms with Gasteiger partial charge in [-0.05, 0) is 6.92 Å². The number of hydrogen-bond acceptors (Lipinski definition) is 5. The highest BCUT2D eigenvalue weighted by Crippen LogP contribution is 2.18. The first-order valence-corrected chi connectivity index (χ1v) is 6.63. The van der Waals surface area contributed by atoms with Crippen LogP contribution in [0, 0.1) is 0 Å². The van der Waals surface area contributed by atoms with E-state index in [9.17, 15) is 4.79 Å². The molecule has 0 aromatic carbocycles. The van der Waals surface area contributed by atoms with Crippen molar-refractivity contribution in [1.82, 2.24) is 15.3 Å². The van der Waals surface area contributed by atoms with E-state index in [1.807, 2.05) is 27.0 Å². The zero-order valence-corrected chi connectivity index (χ0v) is 11.2. The van der Waals surface area contributed by atoms with Crippen LogP contribution >= 0.6 is 11.8 Å². The van der Waals surface area contributed by atoms with Gasteiger partial charge in [0.15, 0.2) is 0 Å². The number of thioether (sulfide) groups is 1. The van der Waals surface area contributed by atoms with E-state index in [1.54, 1.807) is 0 Å². The second kappa shape index (κ2) is 7.11. The fourth-order valence-electron chi connectivity index (χ4n) is 1.22. The van der Waals surface area contributed by atoms with Crippen LogP contribution in [0.2, 0.25) is 0 Å². The Morgan fingerprint density at radius 1 is 1.41 bits per heavy atom. The summed E-state index contributed by atoms with van der Waals surface area (Å²) in [4.78, 5) is 20.0. The Labute approximate surface area is 106 Å². The Bertz CT molecular complexity index is 361. The van der Waals surface area contributed by atoms with E-state index in [0.29, 0.717) is 12.3 Å². The zero-order chi connectivity index (χ0) is 12.7. The van der Waals surface area contributed by atoms with Gasteiger partial charge in [-0.25, -0.2) is 9.97 Å². The molecule has 0 aliphatic rings. The van der Waals surface area contributed by atoms with E-state index in [1.165, 1.54) is 11.8 Å². The quantitative estimate of drug-likeness (QED) is 0.592. The normalized spacial score (nSPS) is 10.1. The number of carbonyl (C=O) groups is 1. The van der Waals surface area contributed by atoms with E-state index < -0.39 is 0 Å². The lowest BCUT2D eigenvalue weighted by Gasteiger charge is -2.06. The monoisotopic (exact) mass is 254 g/mol. The van der Waals surface area contributed by atoms with Crippen LogP contribution in [-0.4, -0.2) is 35.2 Å². The first kappa shape index (κ1) is 13.8. The van der Waals surface area contributed by atoms with Gasteiger partial charge in [0.05, 0.1) is 5.75 Å². The van der Waals surface area contributed by atoms with Gasteiger partial charge in [0.2, 0.25) is 5.91 Å². The molecule has 2 N–H and O–H groups in total. The number of nitrogens with zero attached hydrogens (tertiary/aromatic N) is 2. The Kier molecular flexibility index (Phi) is 5.76. The molecule has 0 aliphatic carbocycles. The standard InChI is InChI=1S/C11H18N4OS/c1-4-8-14-9(12-3)6-11(15-8)17-7-10(16)13-5-2/h6H,4-5,7H2,1-3H3,(H,13,16)(H,12,14,15). The Morgan fingerprint density at radius 2 is 2.18 bits per heavy atom.